The van der Waals surface area contributed by atoms with Gasteiger partial charge in [-0.15, -0.1) is 0 Å². The quantitative estimate of drug-likeness (QED) is 0.812. The Balaban J connectivity index is 2.63. The number of para-hydroxylation sites is 2. The summed E-state index contributed by atoms with van der Waals surface area (Å²) in [6.45, 7) is 3.89. The lowest BCUT2D eigenvalue weighted by Gasteiger charge is -2.14. The molecule has 2 aromatic rings. The van der Waals surface area contributed by atoms with Gasteiger partial charge >= 0.3 is 0 Å². The summed E-state index contributed by atoms with van der Waals surface area (Å²) in [5.74, 6) is 0.905. The van der Waals surface area contributed by atoms with Crippen LogP contribution in [0.4, 0.5) is 0 Å². The number of hydrogen-bond donors (Lipinski definition) is 0. The van der Waals surface area contributed by atoms with Crippen molar-refractivity contribution < 1.29 is 9.53 Å². The van der Waals surface area contributed by atoms with E-state index in [0.717, 1.165) is 16.9 Å². The van der Waals surface area contributed by atoms with Crippen LogP contribution in [0.3, 0.4) is 0 Å². The number of benzene rings is 1. The molecular formula is C13H16N2O2. The van der Waals surface area contributed by atoms with Crippen LogP contribution in [0.1, 0.15) is 25.7 Å². The molecule has 17 heavy (non-hydrogen) atoms. The molecular weight excluding hydrogens is 216 g/mol. The molecule has 0 bridgehead atoms. The second-order valence-corrected chi connectivity index (χ2v) is 4.11. The Hall–Kier alpha value is -1.68. The van der Waals surface area contributed by atoms with Gasteiger partial charge in [-0.1, -0.05) is 12.1 Å². The van der Waals surface area contributed by atoms with Crippen LogP contribution in [0.15, 0.2) is 24.3 Å². The van der Waals surface area contributed by atoms with Gasteiger partial charge in [-0.05, 0) is 26.0 Å². The Morgan fingerprint density at radius 2 is 2.18 bits per heavy atom. The molecule has 1 aromatic carbocycles. The summed E-state index contributed by atoms with van der Waals surface area (Å²) >= 11 is 0. The van der Waals surface area contributed by atoms with E-state index in [-0.39, 0.29) is 11.8 Å². The number of Topliss-reactive ketones (excluding diaryl/α,β-unsaturated/α-hetero) is 1. The molecule has 1 unspecified atom stereocenters. The van der Waals surface area contributed by atoms with E-state index in [4.69, 9.17) is 4.74 Å². The van der Waals surface area contributed by atoms with Crippen LogP contribution in [-0.2, 0) is 16.1 Å². The molecule has 4 nitrogen and oxygen atoms in total. The highest BCUT2D eigenvalue weighted by molar-refractivity contribution is 5.83. The maximum absolute atomic E-state index is 11.6. The summed E-state index contributed by atoms with van der Waals surface area (Å²) < 4.78 is 7.08. The fraction of sp³-hybridized carbons (Fsp3) is 0.385. The van der Waals surface area contributed by atoms with Gasteiger partial charge in [-0.2, -0.15) is 0 Å². The van der Waals surface area contributed by atoms with Gasteiger partial charge in [0.15, 0.2) is 5.78 Å². The number of rotatable bonds is 4. The number of imidazole rings is 1. The molecule has 1 aromatic heterocycles. The van der Waals surface area contributed by atoms with Crippen molar-refractivity contribution in [3.8, 4) is 0 Å². The number of carbonyl (C=O) groups excluding carboxylic acids is 1. The SMILES string of the molecule is COCc1nc2ccccc2n1C(C)C(C)=O. The topological polar surface area (TPSA) is 44.1 Å². The number of methoxy groups -OCH3 is 1. The number of nitrogens with zero attached hydrogens (tertiary/aromatic N) is 2. The molecule has 0 N–H and O–H groups in total. The molecule has 0 spiro atoms. The van der Waals surface area contributed by atoms with Gasteiger partial charge in [-0.3, -0.25) is 4.79 Å². The normalized spacial score (nSPS) is 12.9. The Morgan fingerprint density at radius 1 is 1.47 bits per heavy atom. The van der Waals surface area contributed by atoms with Crippen LogP contribution in [0, 0.1) is 0 Å². The monoisotopic (exact) mass is 232 g/mol. The smallest absolute Gasteiger partial charge is 0.152 e. The van der Waals surface area contributed by atoms with Gasteiger partial charge < -0.3 is 9.30 Å². The van der Waals surface area contributed by atoms with Gasteiger partial charge in [0.1, 0.15) is 12.4 Å². The van der Waals surface area contributed by atoms with Crippen LogP contribution in [0.25, 0.3) is 11.0 Å². The van der Waals surface area contributed by atoms with Gasteiger partial charge in [-0.25, -0.2) is 4.98 Å². The minimum Gasteiger partial charge on any atom is -0.377 e. The lowest BCUT2D eigenvalue weighted by Crippen LogP contribution is -2.16. The minimum atomic E-state index is -0.215. The molecule has 1 heterocycles. The fourth-order valence-corrected chi connectivity index (χ4v) is 1.94. The van der Waals surface area contributed by atoms with Crippen LogP contribution in [0.5, 0.6) is 0 Å². The third kappa shape index (κ3) is 2.08. The average Bonchev–Trinajstić information content (AvgIpc) is 2.66. The van der Waals surface area contributed by atoms with Gasteiger partial charge in [0.25, 0.3) is 0 Å². The first-order valence-electron chi connectivity index (χ1n) is 5.60. The van der Waals surface area contributed by atoms with E-state index in [1.807, 2.05) is 35.8 Å². The number of hydrogen-bond acceptors (Lipinski definition) is 3. The predicted molar refractivity (Wildman–Crippen MR) is 65.8 cm³/mol. The molecule has 2 rings (SSSR count). The first kappa shape index (κ1) is 11.8. The van der Waals surface area contributed by atoms with E-state index in [1.165, 1.54) is 0 Å². The second-order valence-electron chi connectivity index (χ2n) is 4.11. The highest BCUT2D eigenvalue weighted by Gasteiger charge is 2.18. The lowest BCUT2D eigenvalue weighted by molar-refractivity contribution is -0.119. The van der Waals surface area contributed by atoms with Crippen LogP contribution in [0.2, 0.25) is 0 Å². The lowest BCUT2D eigenvalue weighted by atomic mass is 10.2. The van der Waals surface area contributed by atoms with Crippen molar-refractivity contribution >= 4 is 16.8 Å². The van der Waals surface area contributed by atoms with E-state index >= 15 is 0 Å². The summed E-state index contributed by atoms with van der Waals surface area (Å²) in [4.78, 5) is 16.0. The first-order valence-corrected chi connectivity index (χ1v) is 5.60. The third-order valence-electron chi connectivity index (χ3n) is 2.92. The van der Waals surface area contributed by atoms with Crippen LogP contribution in [-0.4, -0.2) is 22.4 Å². The molecule has 0 aliphatic carbocycles. The van der Waals surface area contributed by atoms with E-state index in [1.54, 1.807) is 14.0 Å². The van der Waals surface area contributed by atoms with Crippen molar-refractivity contribution in [3.05, 3.63) is 30.1 Å². The second kappa shape index (κ2) is 4.67. The molecule has 0 aliphatic heterocycles. The summed E-state index contributed by atoms with van der Waals surface area (Å²) in [5, 5.41) is 0. The van der Waals surface area contributed by atoms with Gasteiger partial charge in [0, 0.05) is 7.11 Å². The third-order valence-corrected chi connectivity index (χ3v) is 2.92. The Bertz CT molecular complexity index is 545. The largest absolute Gasteiger partial charge is 0.377 e. The molecule has 4 heteroatoms. The van der Waals surface area contributed by atoms with E-state index < -0.39 is 0 Å². The minimum absolute atomic E-state index is 0.116. The van der Waals surface area contributed by atoms with Crippen molar-refractivity contribution in [3.63, 3.8) is 0 Å². The molecule has 0 amide bonds. The van der Waals surface area contributed by atoms with Crippen molar-refractivity contribution in [2.45, 2.75) is 26.5 Å². The zero-order chi connectivity index (χ0) is 12.4. The number of ether oxygens (including phenoxy) is 1. The Labute approximate surface area is 100 Å². The standard InChI is InChI=1S/C13H16N2O2/c1-9(10(2)16)15-12-7-5-4-6-11(12)14-13(15)8-17-3/h4-7,9H,8H2,1-3H3. The maximum Gasteiger partial charge on any atom is 0.152 e. The average molecular weight is 232 g/mol. The fourth-order valence-electron chi connectivity index (χ4n) is 1.94. The summed E-state index contributed by atoms with van der Waals surface area (Å²) in [5.41, 5.74) is 1.87. The van der Waals surface area contributed by atoms with E-state index in [2.05, 4.69) is 4.98 Å². The van der Waals surface area contributed by atoms with Gasteiger partial charge in [0.05, 0.1) is 17.1 Å². The van der Waals surface area contributed by atoms with Crippen LogP contribution >= 0.6 is 0 Å². The first-order chi connectivity index (χ1) is 8.15. The number of carbonyl (C=O) groups is 1. The van der Waals surface area contributed by atoms with Crippen LogP contribution < -0.4 is 0 Å². The predicted octanol–water partition coefficient (Wildman–Crippen LogP) is 2.33. The maximum atomic E-state index is 11.6. The zero-order valence-electron chi connectivity index (χ0n) is 10.3. The molecule has 0 saturated heterocycles. The molecule has 0 fully saturated rings. The molecule has 1 atom stereocenters. The molecule has 0 radical (unpaired) electrons. The summed E-state index contributed by atoms with van der Waals surface area (Å²) in [6.07, 6.45) is 0. The van der Waals surface area contributed by atoms with E-state index in [9.17, 15) is 4.79 Å². The molecule has 0 aliphatic rings. The highest BCUT2D eigenvalue weighted by Crippen LogP contribution is 2.22. The van der Waals surface area contributed by atoms with Crippen molar-refractivity contribution in [2.24, 2.45) is 0 Å². The zero-order valence-corrected chi connectivity index (χ0v) is 10.3. The number of aromatic nitrogens is 2. The summed E-state index contributed by atoms with van der Waals surface area (Å²) in [7, 11) is 1.63. The Morgan fingerprint density at radius 3 is 2.82 bits per heavy atom. The van der Waals surface area contributed by atoms with E-state index in [0.29, 0.717) is 6.61 Å². The molecule has 0 saturated carbocycles. The summed E-state index contributed by atoms with van der Waals surface area (Å²) in [6, 6.07) is 7.59. The van der Waals surface area contributed by atoms with Crippen molar-refractivity contribution in [2.75, 3.05) is 7.11 Å². The number of fused-ring (bicyclic) bond motifs is 1. The number of ketones is 1. The highest BCUT2D eigenvalue weighted by atomic mass is 16.5. The molecule has 90 valence electrons. The van der Waals surface area contributed by atoms with Crippen molar-refractivity contribution in [1.29, 1.82) is 0 Å². The Kier molecular flexibility index (Phi) is 3.24. The van der Waals surface area contributed by atoms with Gasteiger partial charge in [0.2, 0.25) is 0 Å². The van der Waals surface area contributed by atoms with Crippen molar-refractivity contribution in [1.82, 2.24) is 9.55 Å².